The van der Waals surface area contributed by atoms with E-state index >= 15 is 0 Å². The van der Waals surface area contributed by atoms with E-state index in [-0.39, 0.29) is 12.2 Å². The maximum Gasteiger partial charge on any atom is 0.416 e. The zero-order valence-corrected chi connectivity index (χ0v) is 19.5. The van der Waals surface area contributed by atoms with E-state index in [4.69, 9.17) is 0 Å². The lowest BCUT2D eigenvalue weighted by atomic mass is 10.1. The summed E-state index contributed by atoms with van der Waals surface area (Å²) in [5.74, 6) is 0.404. The molecule has 0 atom stereocenters. The molecule has 1 aromatic rings. The highest BCUT2D eigenvalue weighted by molar-refractivity contribution is 7.99. The molecule has 0 N–H and O–H groups in total. The highest BCUT2D eigenvalue weighted by Crippen LogP contribution is 2.34. The number of Topliss-reactive ketones (excluding diaryl/α,β-unsaturated/α-hetero) is 1. The van der Waals surface area contributed by atoms with E-state index in [9.17, 15) is 18.0 Å². The molecule has 5 heteroatoms. The predicted molar refractivity (Wildman–Crippen MR) is 122 cm³/mol. The van der Waals surface area contributed by atoms with Crippen molar-refractivity contribution in [3.63, 3.8) is 0 Å². The fraction of sp³-hybridized carbons (Fsp3) is 0.480. The maximum atomic E-state index is 13.0. The second-order valence-electron chi connectivity index (χ2n) is 7.76. The summed E-state index contributed by atoms with van der Waals surface area (Å²) in [4.78, 5) is 12.5. The Balaban J connectivity index is 2.68. The van der Waals surface area contributed by atoms with Gasteiger partial charge in [0.25, 0.3) is 0 Å². The second-order valence-corrected chi connectivity index (χ2v) is 8.82. The topological polar surface area (TPSA) is 17.1 Å². The first-order chi connectivity index (χ1) is 14.0. The van der Waals surface area contributed by atoms with Crippen LogP contribution in [0.5, 0.6) is 0 Å². The lowest BCUT2D eigenvalue weighted by Gasteiger charge is -2.12. The summed E-state index contributed by atoms with van der Waals surface area (Å²) in [6.45, 7) is 10.1. The third kappa shape index (κ3) is 9.84. The molecule has 0 saturated heterocycles. The zero-order valence-electron chi connectivity index (χ0n) is 18.7. The molecule has 0 heterocycles. The quantitative estimate of drug-likeness (QED) is 0.195. The summed E-state index contributed by atoms with van der Waals surface area (Å²) < 4.78 is 39.1. The molecule has 0 aliphatic carbocycles. The van der Waals surface area contributed by atoms with Crippen molar-refractivity contribution >= 4 is 17.5 Å². The van der Waals surface area contributed by atoms with E-state index in [1.54, 1.807) is 6.92 Å². The molecule has 0 spiro atoms. The lowest BCUT2D eigenvalue weighted by Crippen LogP contribution is -2.07. The molecule has 0 aliphatic rings. The highest BCUT2D eigenvalue weighted by Gasteiger charge is 2.31. The average molecular weight is 439 g/mol. The van der Waals surface area contributed by atoms with Crippen molar-refractivity contribution in [2.75, 3.05) is 5.75 Å². The molecule has 166 valence electrons. The molecule has 30 heavy (non-hydrogen) atoms. The normalized spacial score (nSPS) is 12.8. The summed E-state index contributed by atoms with van der Waals surface area (Å²) in [5.41, 5.74) is 3.57. The molecule has 0 bridgehead atoms. The molecule has 0 radical (unpaired) electrons. The number of hydrogen-bond acceptors (Lipinski definition) is 2. The minimum atomic E-state index is -4.41. The monoisotopic (exact) mass is 438 g/mol. The molecule has 0 fully saturated rings. The van der Waals surface area contributed by atoms with Gasteiger partial charge >= 0.3 is 6.18 Å². The number of thioether (sulfide) groups is 1. The Morgan fingerprint density at radius 3 is 2.13 bits per heavy atom. The lowest BCUT2D eigenvalue weighted by molar-refractivity contribution is -0.137. The van der Waals surface area contributed by atoms with Gasteiger partial charge in [0.05, 0.1) is 5.56 Å². The number of ketones is 1. The van der Waals surface area contributed by atoms with Gasteiger partial charge in [0.15, 0.2) is 5.78 Å². The summed E-state index contributed by atoms with van der Waals surface area (Å²) in [5, 5.41) is 0. The molecular formula is C25H33F3OS. The van der Waals surface area contributed by atoms with Gasteiger partial charge in [0.2, 0.25) is 0 Å². The van der Waals surface area contributed by atoms with Gasteiger partial charge in [-0.2, -0.15) is 13.2 Å². The van der Waals surface area contributed by atoms with Crippen LogP contribution < -0.4 is 0 Å². The molecule has 1 nitrogen and oxygen atoms in total. The predicted octanol–water partition coefficient (Wildman–Crippen LogP) is 8.81. The number of rotatable bonds is 11. The standard InChI is InChI=1S/C25H33F3OS/c1-6-23(29)22-14-13-21(25(26,27)28)17-24(22)30-16-15-20(5)12-8-11-19(4)10-7-9-18(2)3/h9,11,13-15,17H,6-8,10,12,16H2,1-5H3/b19-11+,20-15+. The first kappa shape index (κ1) is 26.3. The third-order valence-corrected chi connectivity index (χ3v) is 5.71. The third-order valence-electron chi connectivity index (χ3n) is 4.72. The van der Waals surface area contributed by atoms with Crippen LogP contribution in [-0.4, -0.2) is 11.5 Å². The van der Waals surface area contributed by atoms with Gasteiger partial charge in [-0.05, 0) is 71.6 Å². The van der Waals surface area contributed by atoms with Crippen LogP contribution in [0.4, 0.5) is 13.2 Å². The van der Waals surface area contributed by atoms with E-state index in [2.05, 4.69) is 32.9 Å². The smallest absolute Gasteiger partial charge is 0.294 e. The van der Waals surface area contributed by atoms with E-state index < -0.39 is 11.7 Å². The number of carbonyl (C=O) groups excluding carboxylic acids is 1. The molecule has 0 saturated carbocycles. The van der Waals surface area contributed by atoms with Crippen LogP contribution in [-0.2, 0) is 6.18 Å². The maximum absolute atomic E-state index is 13.0. The molecule has 1 aromatic carbocycles. The molecule has 0 aliphatic heterocycles. The fourth-order valence-electron chi connectivity index (χ4n) is 2.85. The highest BCUT2D eigenvalue weighted by atomic mass is 32.2. The summed E-state index contributed by atoms with van der Waals surface area (Å²) >= 11 is 1.28. The Labute approximate surface area is 183 Å². The molecule has 0 unspecified atom stereocenters. The SMILES string of the molecule is CCC(=O)c1ccc(C(F)(F)F)cc1SC/C=C(\C)CC/C=C(\C)CCC=C(C)C. The molecule has 0 amide bonds. The van der Waals surface area contributed by atoms with E-state index in [1.807, 2.05) is 13.0 Å². The van der Waals surface area contributed by atoms with Crippen molar-refractivity contribution in [2.45, 2.75) is 77.8 Å². The minimum Gasteiger partial charge on any atom is -0.294 e. The van der Waals surface area contributed by atoms with Gasteiger partial charge in [-0.15, -0.1) is 11.8 Å². The van der Waals surface area contributed by atoms with E-state index in [0.717, 1.165) is 37.8 Å². The number of alkyl halides is 3. The van der Waals surface area contributed by atoms with Gasteiger partial charge in [0.1, 0.15) is 0 Å². The number of halogens is 3. The zero-order chi connectivity index (χ0) is 22.7. The van der Waals surface area contributed by atoms with Gasteiger partial charge in [-0.3, -0.25) is 4.79 Å². The number of hydrogen-bond donors (Lipinski definition) is 0. The van der Waals surface area contributed by atoms with Crippen LogP contribution in [0, 0.1) is 0 Å². The summed E-state index contributed by atoms with van der Waals surface area (Å²) in [6.07, 6.45) is 6.40. The van der Waals surface area contributed by atoms with Crippen molar-refractivity contribution in [2.24, 2.45) is 0 Å². The van der Waals surface area contributed by atoms with Crippen LogP contribution in [0.25, 0.3) is 0 Å². The van der Waals surface area contributed by atoms with Crippen LogP contribution in [0.2, 0.25) is 0 Å². The Hall–Kier alpha value is -1.75. The van der Waals surface area contributed by atoms with Crippen LogP contribution in [0.1, 0.15) is 82.6 Å². The van der Waals surface area contributed by atoms with Gasteiger partial charge in [-0.1, -0.05) is 41.9 Å². The molecule has 0 aromatic heterocycles. The molecule has 1 rings (SSSR count). The minimum absolute atomic E-state index is 0.138. The summed E-state index contributed by atoms with van der Waals surface area (Å²) in [7, 11) is 0. The second kappa shape index (κ2) is 12.8. The number of allylic oxidation sites excluding steroid dienone is 5. The number of carbonyl (C=O) groups is 1. The van der Waals surface area contributed by atoms with Crippen LogP contribution in [0.15, 0.2) is 58.0 Å². The Morgan fingerprint density at radius 2 is 1.57 bits per heavy atom. The largest absolute Gasteiger partial charge is 0.416 e. The van der Waals surface area contributed by atoms with Gasteiger partial charge in [0, 0.05) is 22.6 Å². The van der Waals surface area contributed by atoms with Crippen molar-refractivity contribution in [1.29, 1.82) is 0 Å². The van der Waals surface area contributed by atoms with E-state index in [1.165, 1.54) is 34.5 Å². The van der Waals surface area contributed by atoms with Gasteiger partial charge in [-0.25, -0.2) is 0 Å². The van der Waals surface area contributed by atoms with E-state index in [0.29, 0.717) is 16.2 Å². The average Bonchev–Trinajstić information content (AvgIpc) is 2.66. The van der Waals surface area contributed by atoms with Crippen LogP contribution in [0.3, 0.4) is 0 Å². The first-order valence-corrected chi connectivity index (χ1v) is 11.3. The van der Waals surface area contributed by atoms with Crippen LogP contribution >= 0.6 is 11.8 Å². The van der Waals surface area contributed by atoms with Gasteiger partial charge < -0.3 is 0 Å². The molecular weight excluding hydrogens is 405 g/mol. The van der Waals surface area contributed by atoms with Crippen molar-refractivity contribution in [1.82, 2.24) is 0 Å². The fourth-order valence-corrected chi connectivity index (χ4v) is 3.95. The Bertz CT molecular complexity index is 797. The van der Waals surface area contributed by atoms with Crippen molar-refractivity contribution in [3.05, 3.63) is 64.3 Å². The van der Waals surface area contributed by atoms with Crippen molar-refractivity contribution in [3.8, 4) is 0 Å². The number of benzene rings is 1. The Morgan fingerprint density at radius 1 is 0.967 bits per heavy atom. The first-order valence-electron chi connectivity index (χ1n) is 10.4. The summed E-state index contributed by atoms with van der Waals surface area (Å²) in [6, 6.07) is 3.38. The Kier molecular flexibility index (Phi) is 11.2. The van der Waals surface area contributed by atoms with Crippen molar-refractivity contribution < 1.29 is 18.0 Å².